The van der Waals surface area contributed by atoms with E-state index in [1.807, 2.05) is 5.48 Å². The molecule has 1 aromatic carbocycles. The van der Waals surface area contributed by atoms with Crippen LogP contribution in [-0.2, 0) is 10.2 Å². The quantitative estimate of drug-likeness (QED) is 0.238. The number of hydrogen-bond acceptors (Lipinski definition) is 4. The van der Waals surface area contributed by atoms with Crippen molar-refractivity contribution < 1.29 is 10.0 Å². The second-order valence-corrected chi connectivity index (χ2v) is 12.6. The van der Waals surface area contributed by atoms with Crippen LogP contribution in [0.25, 0.3) is 21.5 Å². The number of fused-ring (bicyclic) bond motifs is 3. The SMILES string of the molecule is Cc1cc(C)cc(-c2[nH]c3sc(C(C)(C)C(=O)N4C5CCC4CC5)cc3c2[C@H](C)CNC(=S)NO)c1. The zero-order valence-corrected chi connectivity index (χ0v) is 23.3. The number of amides is 1. The van der Waals surface area contributed by atoms with E-state index in [-0.39, 0.29) is 16.9 Å². The number of benzene rings is 1. The van der Waals surface area contributed by atoms with Gasteiger partial charge in [-0.1, -0.05) is 24.1 Å². The molecule has 4 N–H and O–H groups in total. The molecule has 8 heteroatoms. The Kier molecular flexibility index (Phi) is 6.64. The lowest BCUT2D eigenvalue weighted by molar-refractivity contribution is -0.137. The topological polar surface area (TPSA) is 80.4 Å². The zero-order valence-electron chi connectivity index (χ0n) is 21.7. The molecule has 36 heavy (non-hydrogen) atoms. The molecule has 2 aromatic heterocycles. The molecule has 1 atom stereocenters. The van der Waals surface area contributed by atoms with Crippen LogP contribution in [0.5, 0.6) is 0 Å². The molecule has 192 valence electrons. The van der Waals surface area contributed by atoms with Crippen LogP contribution in [-0.4, -0.2) is 44.7 Å². The Labute approximate surface area is 222 Å². The van der Waals surface area contributed by atoms with Gasteiger partial charge in [0, 0.05) is 34.8 Å². The minimum atomic E-state index is -0.572. The smallest absolute Gasteiger partial charge is 0.233 e. The Morgan fingerprint density at radius 3 is 2.36 bits per heavy atom. The van der Waals surface area contributed by atoms with E-state index < -0.39 is 5.41 Å². The van der Waals surface area contributed by atoms with Gasteiger partial charge in [0.1, 0.15) is 4.83 Å². The Morgan fingerprint density at radius 2 is 1.78 bits per heavy atom. The van der Waals surface area contributed by atoms with Crippen LogP contribution in [0.4, 0.5) is 0 Å². The van der Waals surface area contributed by atoms with Crippen LogP contribution in [0.15, 0.2) is 24.3 Å². The van der Waals surface area contributed by atoms with Crippen LogP contribution < -0.4 is 10.8 Å². The maximum Gasteiger partial charge on any atom is 0.233 e. The lowest BCUT2D eigenvalue weighted by atomic mass is 9.88. The highest BCUT2D eigenvalue weighted by Crippen LogP contribution is 2.45. The first-order valence-corrected chi connectivity index (χ1v) is 14.1. The number of nitrogens with zero attached hydrogens (tertiary/aromatic N) is 1. The van der Waals surface area contributed by atoms with Gasteiger partial charge in [-0.05, 0) is 94.9 Å². The number of aromatic nitrogens is 1. The number of carbonyl (C=O) groups is 1. The summed E-state index contributed by atoms with van der Waals surface area (Å²) in [6.45, 7) is 11.1. The molecule has 3 aromatic rings. The monoisotopic (exact) mass is 524 g/mol. The first-order chi connectivity index (χ1) is 17.1. The number of aryl methyl sites for hydroxylation is 2. The summed E-state index contributed by atoms with van der Waals surface area (Å²) in [5.74, 6) is 0.373. The van der Waals surface area contributed by atoms with Crippen molar-refractivity contribution in [3.8, 4) is 11.3 Å². The lowest BCUT2D eigenvalue weighted by Crippen LogP contribution is -2.45. The molecular weight excluding hydrogens is 488 g/mol. The van der Waals surface area contributed by atoms with Crippen molar-refractivity contribution in [1.82, 2.24) is 20.7 Å². The number of aromatic amines is 1. The minimum Gasteiger partial charge on any atom is -0.360 e. The number of rotatable bonds is 6. The molecule has 0 aliphatic carbocycles. The number of nitrogens with one attached hydrogen (secondary N) is 3. The van der Waals surface area contributed by atoms with Crippen molar-refractivity contribution >= 4 is 44.8 Å². The minimum absolute atomic E-state index is 0.108. The Balaban J connectivity index is 1.56. The number of H-pyrrole nitrogens is 1. The molecule has 2 aliphatic heterocycles. The van der Waals surface area contributed by atoms with Crippen molar-refractivity contribution in [1.29, 1.82) is 0 Å². The van der Waals surface area contributed by atoms with E-state index in [0.717, 1.165) is 52.0 Å². The van der Waals surface area contributed by atoms with Gasteiger partial charge in [0.15, 0.2) is 5.11 Å². The fourth-order valence-corrected chi connectivity index (χ4v) is 7.48. The third-order valence-electron chi connectivity index (χ3n) is 8.04. The summed E-state index contributed by atoms with van der Waals surface area (Å²) < 4.78 is 0. The molecule has 6 nitrogen and oxygen atoms in total. The molecule has 0 radical (unpaired) electrons. The standard InChI is InChI=1S/C28H36N4O2S2/c1-15-10-16(2)12-18(11-15)24-23(17(3)14-29-27(35)31-34)21-13-22(36-25(21)30-24)28(4,5)26(33)32-19-6-7-20(32)9-8-19/h10-13,17,19-20,30,34H,6-9,14H2,1-5H3,(H2,29,31,35)/t17-,19?,20?/m1/s1. The van der Waals surface area contributed by atoms with Gasteiger partial charge < -0.3 is 15.2 Å². The second-order valence-electron chi connectivity index (χ2n) is 11.2. The van der Waals surface area contributed by atoms with Crippen molar-refractivity contribution in [2.24, 2.45) is 0 Å². The molecule has 1 amide bonds. The van der Waals surface area contributed by atoms with Gasteiger partial charge in [-0.3, -0.25) is 10.0 Å². The summed E-state index contributed by atoms with van der Waals surface area (Å²) in [5.41, 5.74) is 7.35. The number of hydrogen-bond donors (Lipinski definition) is 4. The van der Waals surface area contributed by atoms with Crippen LogP contribution in [0.3, 0.4) is 0 Å². The molecule has 0 spiro atoms. The summed E-state index contributed by atoms with van der Waals surface area (Å²) in [6.07, 6.45) is 4.60. The van der Waals surface area contributed by atoms with Crippen LogP contribution in [0, 0.1) is 13.8 Å². The molecule has 5 rings (SSSR count). The number of hydroxylamine groups is 1. The first kappa shape index (κ1) is 25.2. The molecule has 2 bridgehead atoms. The highest BCUT2D eigenvalue weighted by Gasteiger charge is 2.47. The van der Waals surface area contributed by atoms with Crippen molar-refractivity contribution in [2.75, 3.05) is 6.54 Å². The third kappa shape index (κ3) is 4.33. The molecule has 0 unspecified atom stereocenters. The van der Waals surface area contributed by atoms with Gasteiger partial charge in [0.2, 0.25) is 5.91 Å². The van der Waals surface area contributed by atoms with Crippen LogP contribution in [0.2, 0.25) is 0 Å². The van der Waals surface area contributed by atoms with E-state index >= 15 is 0 Å². The molecular formula is C28H36N4O2S2. The molecule has 0 saturated carbocycles. The van der Waals surface area contributed by atoms with Gasteiger partial charge in [-0.15, -0.1) is 11.3 Å². The van der Waals surface area contributed by atoms with Gasteiger partial charge in [0.25, 0.3) is 0 Å². The number of carbonyl (C=O) groups excluding carboxylic acids is 1. The fraction of sp³-hybridized carbons (Fsp3) is 0.500. The number of thiophene rings is 1. The van der Waals surface area contributed by atoms with E-state index in [1.165, 1.54) is 16.7 Å². The van der Waals surface area contributed by atoms with E-state index in [1.54, 1.807) is 11.3 Å². The van der Waals surface area contributed by atoms with Crippen LogP contribution >= 0.6 is 23.6 Å². The predicted molar refractivity (Wildman–Crippen MR) is 151 cm³/mol. The van der Waals surface area contributed by atoms with Crippen LogP contribution in [0.1, 0.15) is 73.9 Å². The maximum absolute atomic E-state index is 13.8. The lowest BCUT2D eigenvalue weighted by Gasteiger charge is -2.31. The Morgan fingerprint density at radius 1 is 1.17 bits per heavy atom. The summed E-state index contributed by atoms with van der Waals surface area (Å²) in [5, 5.41) is 13.6. The third-order valence-corrected chi connectivity index (χ3v) is 9.65. The first-order valence-electron chi connectivity index (χ1n) is 12.9. The Hall–Kier alpha value is -2.42. The van der Waals surface area contributed by atoms with E-state index in [4.69, 9.17) is 17.4 Å². The second kappa shape index (κ2) is 9.47. The van der Waals surface area contributed by atoms with E-state index in [2.05, 4.69) is 74.1 Å². The van der Waals surface area contributed by atoms with E-state index in [9.17, 15) is 4.79 Å². The zero-order chi connectivity index (χ0) is 25.8. The molecule has 2 saturated heterocycles. The van der Waals surface area contributed by atoms with Crippen molar-refractivity contribution in [3.63, 3.8) is 0 Å². The highest BCUT2D eigenvalue weighted by molar-refractivity contribution is 7.80. The van der Waals surface area contributed by atoms with E-state index in [0.29, 0.717) is 18.6 Å². The summed E-state index contributed by atoms with van der Waals surface area (Å²) in [4.78, 5) is 21.9. The maximum atomic E-state index is 13.8. The molecule has 2 aliphatic rings. The van der Waals surface area contributed by atoms with Crippen molar-refractivity contribution in [2.45, 2.75) is 83.7 Å². The van der Waals surface area contributed by atoms with Gasteiger partial charge in [0.05, 0.1) is 11.1 Å². The largest absolute Gasteiger partial charge is 0.360 e. The normalized spacial score (nSPS) is 20.2. The summed E-state index contributed by atoms with van der Waals surface area (Å²) >= 11 is 6.79. The summed E-state index contributed by atoms with van der Waals surface area (Å²) in [7, 11) is 0. The average molecular weight is 525 g/mol. The predicted octanol–water partition coefficient (Wildman–Crippen LogP) is 5.90. The van der Waals surface area contributed by atoms with Gasteiger partial charge in [-0.2, -0.15) is 0 Å². The highest BCUT2D eigenvalue weighted by atomic mass is 32.1. The molecule has 4 heterocycles. The Bertz CT molecular complexity index is 1280. The average Bonchev–Trinajstić information content (AvgIpc) is 3.60. The van der Waals surface area contributed by atoms with Gasteiger partial charge in [-0.25, -0.2) is 5.48 Å². The fourth-order valence-electron chi connectivity index (χ4n) is 6.23. The number of thiocarbonyl (C=S) groups is 1. The molecule has 2 fully saturated rings. The summed E-state index contributed by atoms with van der Waals surface area (Å²) in [6, 6.07) is 9.68. The van der Waals surface area contributed by atoms with Crippen molar-refractivity contribution in [3.05, 3.63) is 45.8 Å². The van der Waals surface area contributed by atoms with Gasteiger partial charge >= 0.3 is 0 Å².